The lowest BCUT2D eigenvalue weighted by Gasteiger charge is -2.18. The van der Waals surface area contributed by atoms with Gasteiger partial charge in [-0.2, -0.15) is 5.10 Å². The van der Waals surface area contributed by atoms with E-state index >= 15 is 0 Å². The van der Waals surface area contributed by atoms with E-state index in [-0.39, 0.29) is 6.04 Å². The lowest BCUT2D eigenvalue weighted by Crippen LogP contribution is -2.23. The van der Waals surface area contributed by atoms with Crippen LogP contribution in [-0.2, 0) is 6.54 Å². The van der Waals surface area contributed by atoms with E-state index < -0.39 is 0 Å². The van der Waals surface area contributed by atoms with Gasteiger partial charge in [0.05, 0.1) is 36.6 Å². The smallest absolute Gasteiger partial charge is 0.119 e. The highest BCUT2D eigenvalue weighted by Gasteiger charge is 2.13. The quantitative estimate of drug-likeness (QED) is 0.915. The van der Waals surface area contributed by atoms with Crippen LogP contribution in [0, 0.1) is 6.92 Å². The molecule has 0 amide bonds. The van der Waals surface area contributed by atoms with Crippen molar-refractivity contribution in [2.75, 3.05) is 14.2 Å². The van der Waals surface area contributed by atoms with Crippen LogP contribution in [0.5, 0.6) is 5.75 Å². The molecule has 1 heterocycles. The summed E-state index contributed by atoms with van der Waals surface area (Å²) >= 11 is 6.03. The first-order valence-electron chi connectivity index (χ1n) is 6.15. The maximum Gasteiger partial charge on any atom is 0.119 e. The second-order valence-electron chi connectivity index (χ2n) is 4.38. The topological polar surface area (TPSA) is 39.1 Å². The van der Waals surface area contributed by atoms with Crippen molar-refractivity contribution >= 4 is 11.6 Å². The summed E-state index contributed by atoms with van der Waals surface area (Å²) in [4.78, 5) is 0. The van der Waals surface area contributed by atoms with Crippen molar-refractivity contribution in [2.24, 2.45) is 0 Å². The number of methoxy groups -OCH3 is 1. The van der Waals surface area contributed by atoms with E-state index in [1.807, 2.05) is 36.9 Å². The average molecular weight is 280 g/mol. The molecular formula is C14H18ClN3O. The Balaban J connectivity index is 2.22. The van der Waals surface area contributed by atoms with Gasteiger partial charge in [0.25, 0.3) is 0 Å². The fourth-order valence-corrected chi connectivity index (χ4v) is 2.14. The van der Waals surface area contributed by atoms with Gasteiger partial charge in [-0.1, -0.05) is 23.7 Å². The number of rotatable bonds is 5. The number of aromatic nitrogens is 2. The minimum Gasteiger partial charge on any atom is -0.497 e. The highest BCUT2D eigenvalue weighted by Crippen LogP contribution is 2.22. The van der Waals surface area contributed by atoms with E-state index in [2.05, 4.69) is 16.5 Å². The van der Waals surface area contributed by atoms with Crippen LogP contribution in [-0.4, -0.2) is 23.9 Å². The van der Waals surface area contributed by atoms with Gasteiger partial charge in [-0.3, -0.25) is 4.68 Å². The molecule has 0 saturated heterocycles. The first-order chi connectivity index (χ1) is 9.15. The zero-order valence-corrected chi connectivity index (χ0v) is 12.1. The third kappa shape index (κ3) is 3.08. The highest BCUT2D eigenvalue weighted by atomic mass is 35.5. The van der Waals surface area contributed by atoms with Gasteiger partial charge in [-0.05, 0) is 31.7 Å². The van der Waals surface area contributed by atoms with Gasteiger partial charge in [0.15, 0.2) is 0 Å². The van der Waals surface area contributed by atoms with E-state index in [4.69, 9.17) is 16.3 Å². The van der Waals surface area contributed by atoms with E-state index in [1.165, 1.54) is 0 Å². The average Bonchev–Trinajstić information content (AvgIpc) is 2.76. The summed E-state index contributed by atoms with van der Waals surface area (Å²) in [5.41, 5.74) is 2.14. The number of likely N-dealkylation sites (N-methyl/N-ethyl adjacent to an activating group) is 1. The number of ether oxygens (including phenoxy) is 1. The number of nitrogens with one attached hydrogen (secondary N) is 1. The van der Waals surface area contributed by atoms with Gasteiger partial charge in [-0.15, -0.1) is 0 Å². The Labute approximate surface area is 118 Å². The molecule has 19 heavy (non-hydrogen) atoms. The summed E-state index contributed by atoms with van der Waals surface area (Å²) in [6.07, 6.45) is 1.68. The Hall–Kier alpha value is -1.52. The molecule has 2 rings (SSSR count). The standard InChI is InChI=1S/C14H18ClN3O/c1-10-13(15)8-17-18(10)9-14(16-2)11-5-4-6-12(7-11)19-3/h4-8,14,16H,9H2,1-3H3. The summed E-state index contributed by atoms with van der Waals surface area (Å²) in [7, 11) is 3.61. The third-order valence-corrected chi connectivity index (χ3v) is 3.61. The highest BCUT2D eigenvalue weighted by molar-refractivity contribution is 6.31. The molecule has 0 fully saturated rings. The Bertz CT molecular complexity index is 553. The minimum absolute atomic E-state index is 0.157. The van der Waals surface area contributed by atoms with Gasteiger partial charge in [0.2, 0.25) is 0 Å². The molecule has 4 nitrogen and oxygen atoms in total. The minimum atomic E-state index is 0.157. The molecule has 0 aliphatic rings. The summed E-state index contributed by atoms with van der Waals surface area (Å²) in [6, 6.07) is 8.18. The number of hydrogen-bond donors (Lipinski definition) is 1. The molecule has 1 atom stereocenters. The summed E-state index contributed by atoms with van der Waals surface area (Å²) in [5, 5.41) is 8.27. The molecule has 0 aliphatic carbocycles. The first-order valence-corrected chi connectivity index (χ1v) is 6.52. The monoisotopic (exact) mass is 279 g/mol. The zero-order chi connectivity index (χ0) is 13.8. The normalized spacial score (nSPS) is 12.4. The van der Waals surface area contributed by atoms with Crippen molar-refractivity contribution in [1.29, 1.82) is 0 Å². The Morgan fingerprint density at radius 3 is 2.84 bits per heavy atom. The first kappa shape index (κ1) is 13.9. The molecule has 0 saturated carbocycles. The molecule has 1 aromatic carbocycles. The molecular weight excluding hydrogens is 262 g/mol. The molecule has 102 valence electrons. The summed E-state index contributed by atoms with van der Waals surface area (Å²) in [5.74, 6) is 0.855. The van der Waals surface area contributed by atoms with Crippen LogP contribution in [0.1, 0.15) is 17.3 Å². The lowest BCUT2D eigenvalue weighted by molar-refractivity contribution is 0.411. The molecule has 2 aromatic rings. The lowest BCUT2D eigenvalue weighted by atomic mass is 10.1. The molecule has 5 heteroatoms. The predicted molar refractivity (Wildman–Crippen MR) is 76.8 cm³/mol. The van der Waals surface area contributed by atoms with Crippen LogP contribution in [0.25, 0.3) is 0 Å². The Morgan fingerprint density at radius 1 is 1.47 bits per heavy atom. The Kier molecular flexibility index (Phi) is 4.45. The van der Waals surface area contributed by atoms with Gasteiger partial charge in [0.1, 0.15) is 5.75 Å². The maximum atomic E-state index is 6.03. The number of hydrogen-bond acceptors (Lipinski definition) is 3. The maximum absolute atomic E-state index is 6.03. The molecule has 1 unspecified atom stereocenters. The largest absolute Gasteiger partial charge is 0.497 e. The zero-order valence-electron chi connectivity index (χ0n) is 11.4. The van der Waals surface area contributed by atoms with Crippen molar-refractivity contribution in [1.82, 2.24) is 15.1 Å². The van der Waals surface area contributed by atoms with Crippen molar-refractivity contribution < 1.29 is 4.74 Å². The second-order valence-corrected chi connectivity index (χ2v) is 4.79. The van der Waals surface area contributed by atoms with Crippen molar-refractivity contribution in [3.05, 3.63) is 46.7 Å². The van der Waals surface area contributed by atoms with E-state index in [9.17, 15) is 0 Å². The van der Waals surface area contributed by atoms with Crippen molar-refractivity contribution in [3.8, 4) is 5.75 Å². The molecule has 1 aromatic heterocycles. The molecule has 0 spiro atoms. The van der Waals surface area contributed by atoms with Gasteiger partial charge in [0, 0.05) is 0 Å². The van der Waals surface area contributed by atoms with Crippen LogP contribution >= 0.6 is 11.6 Å². The molecule has 0 radical (unpaired) electrons. The van der Waals surface area contributed by atoms with E-state index in [0.717, 1.165) is 23.6 Å². The summed E-state index contributed by atoms with van der Waals surface area (Å²) < 4.78 is 7.16. The summed E-state index contributed by atoms with van der Waals surface area (Å²) in [6.45, 7) is 2.69. The van der Waals surface area contributed by atoms with Crippen LogP contribution in [0.4, 0.5) is 0 Å². The van der Waals surface area contributed by atoms with Gasteiger partial charge in [-0.25, -0.2) is 0 Å². The molecule has 0 aliphatic heterocycles. The number of nitrogens with zero attached hydrogens (tertiary/aromatic N) is 2. The van der Waals surface area contributed by atoms with Crippen LogP contribution < -0.4 is 10.1 Å². The van der Waals surface area contributed by atoms with E-state index in [1.54, 1.807) is 13.3 Å². The van der Waals surface area contributed by atoms with Crippen LogP contribution in [0.3, 0.4) is 0 Å². The molecule has 0 bridgehead atoms. The predicted octanol–water partition coefficient (Wildman–Crippen LogP) is 2.81. The second kappa shape index (κ2) is 6.08. The van der Waals surface area contributed by atoms with Gasteiger partial charge >= 0.3 is 0 Å². The SMILES string of the molecule is CNC(Cn1ncc(Cl)c1C)c1cccc(OC)c1. The fraction of sp³-hybridized carbons (Fsp3) is 0.357. The third-order valence-electron chi connectivity index (χ3n) is 3.24. The molecule has 1 N–H and O–H groups in total. The van der Waals surface area contributed by atoms with Crippen molar-refractivity contribution in [3.63, 3.8) is 0 Å². The number of halogens is 1. The number of benzene rings is 1. The van der Waals surface area contributed by atoms with Gasteiger partial charge < -0.3 is 10.1 Å². The van der Waals surface area contributed by atoms with E-state index in [0.29, 0.717) is 5.02 Å². The Morgan fingerprint density at radius 2 is 2.26 bits per heavy atom. The van der Waals surface area contributed by atoms with Crippen molar-refractivity contribution in [2.45, 2.75) is 19.5 Å². The fourth-order valence-electron chi connectivity index (χ4n) is 2.00. The van der Waals surface area contributed by atoms with Crippen LogP contribution in [0.2, 0.25) is 5.02 Å². The van der Waals surface area contributed by atoms with Crippen LogP contribution in [0.15, 0.2) is 30.5 Å².